The highest BCUT2D eigenvalue weighted by molar-refractivity contribution is 5.72. The van der Waals surface area contributed by atoms with Crippen LogP contribution in [0.15, 0.2) is 24.3 Å². The van der Waals surface area contributed by atoms with E-state index in [1.54, 1.807) is 7.11 Å². The van der Waals surface area contributed by atoms with E-state index in [-0.39, 0.29) is 11.9 Å². The summed E-state index contributed by atoms with van der Waals surface area (Å²) in [7, 11) is 3.10. The molecule has 1 saturated heterocycles. The van der Waals surface area contributed by atoms with Gasteiger partial charge in [-0.3, -0.25) is 4.79 Å². The Hall–Kier alpha value is -1.55. The molecule has 0 aromatic heterocycles. The quantitative estimate of drug-likeness (QED) is 0.826. The lowest BCUT2D eigenvalue weighted by atomic mass is 9.85. The van der Waals surface area contributed by atoms with Crippen LogP contribution >= 0.6 is 0 Å². The van der Waals surface area contributed by atoms with E-state index < -0.39 is 0 Å². The maximum atomic E-state index is 11.6. The number of nitrogens with one attached hydrogen (secondary N) is 1. The van der Waals surface area contributed by atoms with E-state index in [0.29, 0.717) is 12.5 Å². The predicted octanol–water partition coefficient (Wildman–Crippen LogP) is 1.56. The van der Waals surface area contributed by atoms with Crippen molar-refractivity contribution in [1.29, 1.82) is 0 Å². The van der Waals surface area contributed by atoms with Crippen molar-refractivity contribution in [2.75, 3.05) is 27.3 Å². The lowest BCUT2D eigenvalue weighted by molar-refractivity contribution is -0.146. The third-order valence-corrected chi connectivity index (χ3v) is 3.45. The minimum absolute atomic E-state index is 0.0556. The average Bonchev–Trinajstić information content (AvgIpc) is 2.46. The Balaban J connectivity index is 2.10. The normalized spacial score (nSPS) is 23.4. The maximum Gasteiger partial charge on any atom is 0.309 e. The first-order valence-electron chi connectivity index (χ1n) is 6.17. The van der Waals surface area contributed by atoms with Crippen LogP contribution in [-0.4, -0.2) is 33.3 Å². The monoisotopic (exact) mass is 249 g/mol. The van der Waals surface area contributed by atoms with Crippen molar-refractivity contribution in [3.8, 4) is 5.75 Å². The van der Waals surface area contributed by atoms with Crippen LogP contribution in [0.5, 0.6) is 5.75 Å². The predicted molar refractivity (Wildman–Crippen MR) is 68.7 cm³/mol. The van der Waals surface area contributed by atoms with Crippen molar-refractivity contribution in [3.63, 3.8) is 0 Å². The molecule has 0 amide bonds. The molecule has 0 aliphatic carbocycles. The summed E-state index contributed by atoms with van der Waals surface area (Å²) in [5.41, 5.74) is 1.20. The first kappa shape index (κ1) is 12.9. The van der Waals surface area contributed by atoms with Crippen molar-refractivity contribution >= 4 is 5.97 Å². The molecule has 2 atom stereocenters. The van der Waals surface area contributed by atoms with Gasteiger partial charge < -0.3 is 14.8 Å². The van der Waals surface area contributed by atoms with Gasteiger partial charge in [0, 0.05) is 13.1 Å². The van der Waals surface area contributed by atoms with Gasteiger partial charge in [0.15, 0.2) is 0 Å². The van der Waals surface area contributed by atoms with Crippen molar-refractivity contribution in [2.24, 2.45) is 5.92 Å². The average molecular weight is 249 g/mol. The lowest BCUT2D eigenvalue weighted by Gasteiger charge is -2.28. The molecular weight excluding hydrogens is 230 g/mol. The van der Waals surface area contributed by atoms with Crippen LogP contribution in [0.3, 0.4) is 0 Å². The van der Waals surface area contributed by atoms with Gasteiger partial charge in [-0.1, -0.05) is 12.1 Å². The summed E-state index contributed by atoms with van der Waals surface area (Å²) in [5.74, 6) is 1.00. The molecule has 1 aliphatic heterocycles. The molecule has 18 heavy (non-hydrogen) atoms. The van der Waals surface area contributed by atoms with E-state index in [2.05, 4.69) is 11.4 Å². The minimum atomic E-state index is -0.130. The summed E-state index contributed by atoms with van der Waals surface area (Å²) in [6, 6.07) is 8.02. The molecule has 0 saturated carbocycles. The minimum Gasteiger partial charge on any atom is -0.497 e. The number of esters is 1. The van der Waals surface area contributed by atoms with Crippen molar-refractivity contribution in [3.05, 3.63) is 29.8 Å². The second kappa shape index (κ2) is 5.87. The molecule has 1 heterocycles. The fourth-order valence-electron chi connectivity index (χ4n) is 2.44. The maximum absolute atomic E-state index is 11.6. The Bertz CT molecular complexity index is 419. The first-order valence-corrected chi connectivity index (χ1v) is 6.17. The molecule has 0 spiro atoms. The molecule has 0 radical (unpaired) electrons. The number of ether oxygens (including phenoxy) is 2. The number of carbonyl (C=O) groups excluding carboxylic acids is 1. The molecule has 4 nitrogen and oxygen atoms in total. The lowest BCUT2D eigenvalue weighted by Crippen LogP contribution is -2.39. The van der Waals surface area contributed by atoms with Crippen LogP contribution in [0.4, 0.5) is 0 Å². The standard InChI is InChI=1S/C14H19NO3/c1-17-13-5-3-4-10(7-13)11-6-12(9-15-8-11)14(16)18-2/h3-5,7,11-12,15H,6,8-9H2,1-2H3. The number of carbonyl (C=O) groups is 1. The van der Waals surface area contributed by atoms with Crippen LogP contribution < -0.4 is 10.1 Å². The van der Waals surface area contributed by atoms with E-state index in [0.717, 1.165) is 18.7 Å². The van der Waals surface area contributed by atoms with E-state index in [4.69, 9.17) is 9.47 Å². The molecule has 1 aliphatic rings. The summed E-state index contributed by atoms with van der Waals surface area (Å²) in [6.45, 7) is 1.59. The summed E-state index contributed by atoms with van der Waals surface area (Å²) >= 11 is 0. The molecule has 1 fully saturated rings. The molecule has 4 heteroatoms. The molecule has 1 aromatic carbocycles. The molecule has 1 N–H and O–H groups in total. The van der Waals surface area contributed by atoms with Crippen LogP contribution in [0, 0.1) is 5.92 Å². The molecule has 1 aromatic rings. The van der Waals surface area contributed by atoms with E-state index in [1.807, 2.05) is 18.2 Å². The van der Waals surface area contributed by atoms with Gasteiger partial charge in [0.25, 0.3) is 0 Å². The zero-order chi connectivity index (χ0) is 13.0. The molecule has 2 unspecified atom stereocenters. The summed E-state index contributed by atoms with van der Waals surface area (Å²) < 4.78 is 10.0. The number of benzene rings is 1. The fourth-order valence-corrected chi connectivity index (χ4v) is 2.44. The number of hydrogen-bond donors (Lipinski definition) is 1. The highest BCUT2D eigenvalue weighted by Crippen LogP contribution is 2.29. The van der Waals surface area contributed by atoms with Crippen LogP contribution in [-0.2, 0) is 9.53 Å². The van der Waals surface area contributed by atoms with Crippen molar-refractivity contribution in [1.82, 2.24) is 5.32 Å². The van der Waals surface area contributed by atoms with Gasteiger partial charge in [-0.25, -0.2) is 0 Å². The largest absolute Gasteiger partial charge is 0.497 e. The molecular formula is C14H19NO3. The van der Waals surface area contributed by atoms with Crippen LogP contribution in [0.2, 0.25) is 0 Å². The SMILES string of the molecule is COC(=O)C1CNCC(c2cccc(OC)c2)C1. The number of hydrogen-bond acceptors (Lipinski definition) is 4. The van der Waals surface area contributed by atoms with E-state index >= 15 is 0 Å². The van der Waals surface area contributed by atoms with E-state index in [9.17, 15) is 4.79 Å². The second-order valence-electron chi connectivity index (χ2n) is 4.59. The Morgan fingerprint density at radius 3 is 2.89 bits per heavy atom. The van der Waals surface area contributed by atoms with Crippen molar-refractivity contribution in [2.45, 2.75) is 12.3 Å². The van der Waals surface area contributed by atoms with Gasteiger partial charge in [-0.2, -0.15) is 0 Å². The topological polar surface area (TPSA) is 47.6 Å². The van der Waals surface area contributed by atoms with E-state index in [1.165, 1.54) is 12.7 Å². The Labute approximate surface area is 107 Å². The third-order valence-electron chi connectivity index (χ3n) is 3.45. The van der Waals surface area contributed by atoms with Crippen LogP contribution in [0.25, 0.3) is 0 Å². The zero-order valence-electron chi connectivity index (χ0n) is 10.8. The van der Waals surface area contributed by atoms with Crippen molar-refractivity contribution < 1.29 is 14.3 Å². The van der Waals surface area contributed by atoms with Gasteiger partial charge >= 0.3 is 5.97 Å². The molecule has 2 rings (SSSR count). The highest BCUT2D eigenvalue weighted by atomic mass is 16.5. The van der Waals surface area contributed by atoms with Gasteiger partial charge in [-0.15, -0.1) is 0 Å². The first-order chi connectivity index (χ1) is 8.74. The smallest absolute Gasteiger partial charge is 0.309 e. The summed E-state index contributed by atoms with van der Waals surface area (Å²) in [4.78, 5) is 11.6. The fraction of sp³-hybridized carbons (Fsp3) is 0.500. The van der Waals surface area contributed by atoms with Gasteiger partial charge in [0.1, 0.15) is 5.75 Å². The second-order valence-corrected chi connectivity index (χ2v) is 4.59. The number of methoxy groups -OCH3 is 2. The Morgan fingerprint density at radius 2 is 2.17 bits per heavy atom. The number of piperidine rings is 1. The summed E-state index contributed by atoms with van der Waals surface area (Å²) in [5, 5.41) is 3.29. The van der Waals surface area contributed by atoms with Gasteiger partial charge in [0.05, 0.1) is 20.1 Å². The number of rotatable bonds is 3. The van der Waals surface area contributed by atoms with Gasteiger partial charge in [-0.05, 0) is 30.0 Å². The third kappa shape index (κ3) is 2.82. The molecule has 98 valence electrons. The van der Waals surface area contributed by atoms with Gasteiger partial charge in [0.2, 0.25) is 0 Å². The Morgan fingerprint density at radius 1 is 1.33 bits per heavy atom. The molecule has 0 bridgehead atoms. The Kier molecular flexibility index (Phi) is 4.20. The highest BCUT2D eigenvalue weighted by Gasteiger charge is 2.28. The van der Waals surface area contributed by atoms with Crippen LogP contribution in [0.1, 0.15) is 17.9 Å². The zero-order valence-corrected chi connectivity index (χ0v) is 10.8. The summed E-state index contributed by atoms with van der Waals surface area (Å²) in [6.07, 6.45) is 0.826.